The molecule has 3 aromatic carbocycles. The van der Waals surface area contributed by atoms with Gasteiger partial charge in [-0.2, -0.15) is 0 Å². The minimum absolute atomic E-state index is 0.0447. The molecule has 186 valence electrons. The average Bonchev–Trinajstić information content (AvgIpc) is 3.48. The minimum atomic E-state index is -1.06. The highest BCUT2D eigenvalue weighted by Crippen LogP contribution is 2.19. The fourth-order valence-corrected chi connectivity index (χ4v) is 3.64. The van der Waals surface area contributed by atoms with E-state index in [9.17, 15) is 19.2 Å². The molecule has 0 spiro atoms. The van der Waals surface area contributed by atoms with Crippen LogP contribution in [0.1, 0.15) is 32.0 Å². The zero-order valence-electron chi connectivity index (χ0n) is 19.8. The molecule has 1 unspecified atom stereocenters. The van der Waals surface area contributed by atoms with Gasteiger partial charge in [0.25, 0.3) is 11.8 Å². The predicted octanol–water partition coefficient (Wildman–Crippen LogP) is 4.03. The van der Waals surface area contributed by atoms with Crippen LogP contribution in [0.5, 0.6) is 0 Å². The number of anilines is 1. The Labute approximate surface area is 213 Å². The molecule has 4 aromatic rings. The van der Waals surface area contributed by atoms with Gasteiger partial charge in [0.15, 0.2) is 18.2 Å². The van der Waals surface area contributed by atoms with Crippen LogP contribution in [0.4, 0.5) is 5.69 Å². The molecule has 37 heavy (non-hydrogen) atoms. The summed E-state index contributed by atoms with van der Waals surface area (Å²) in [6.07, 6.45) is 1.51. The van der Waals surface area contributed by atoms with Gasteiger partial charge >= 0.3 is 5.97 Å². The van der Waals surface area contributed by atoms with E-state index < -0.39 is 30.4 Å². The lowest BCUT2D eigenvalue weighted by atomic mass is 10.0. The van der Waals surface area contributed by atoms with Gasteiger partial charge in [0, 0.05) is 17.5 Å². The molecule has 0 aliphatic rings. The van der Waals surface area contributed by atoms with E-state index in [2.05, 4.69) is 10.6 Å². The summed E-state index contributed by atoms with van der Waals surface area (Å²) in [5.41, 5.74) is 1.87. The van der Waals surface area contributed by atoms with Gasteiger partial charge in [0.05, 0.1) is 12.0 Å². The number of hydrogen-bond acceptors (Lipinski definition) is 6. The van der Waals surface area contributed by atoms with Crippen molar-refractivity contribution in [1.29, 1.82) is 0 Å². The Morgan fingerprint density at radius 2 is 1.46 bits per heavy atom. The van der Waals surface area contributed by atoms with E-state index in [0.29, 0.717) is 16.8 Å². The van der Waals surface area contributed by atoms with Crippen molar-refractivity contribution in [2.45, 2.75) is 12.5 Å². The van der Waals surface area contributed by atoms with Crippen LogP contribution >= 0.6 is 0 Å². The zero-order chi connectivity index (χ0) is 26.0. The van der Waals surface area contributed by atoms with E-state index in [1.165, 1.54) is 12.3 Å². The second-order valence-corrected chi connectivity index (χ2v) is 8.09. The van der Waals surface area contributed by atoms with Crippen molar-refractivity contribution in [3.63, 3.8) is 0 Å². The third-order valence-corrected chi connectivity index (χ3v) is 5.44. The molecule has 0 aliphatic carbocycles. The third-order valence-electron chi connectivity index (χ3n) is 5.44. The Kier molecular flexibility index (Phi) is 8.23. The first-order chi connectivity index (χ1) is 18.0. The molecule has 0 radical (unpaired) electrons. The van der Waals surface area contributed by atoms with Crippen LogP contribution in [-0.4, -0.2) is 36.2 Å². The Bertz CT molecular complexity index is 1370. The summed E-state index contributed by atoms with van der Waals surface area (Å²) in [4.78, 5) is 50.9. The third kappa shape index (κ3) is 6.79. The van der Waals surface area contributed by atoms with Crippen molar-refractivity contribution >= 4 is 29.3 Å². The first kappa shape index (κ1) is 25.1. The Balaban J connectivity index is 1.41. The lowest BCUT2D eigenvalue weighted by molar-refractivity contribution is -0.149. The molecule has 0 fully saturated rings. The standard InChI is InChI=1S/C29H24N2O6/c32-26(30-23-15-8-7-14-22(23)27(33)21-12-5-2-6-13-21)19-37-29(35)24(18-20-10-3-1-4-11-20)31-28(34)25-16-9-17-36-25/h1-17,24H,18-19H2,(H,30,32)(H,31,34). The predicted molar refractivity (Wildman–Crippen MR) is 136 cm³/mol. The molecule has 8 nitrogen and oxygen atoms in total. The summed E-state index contributed by atoms with van der Waals surface area (Å²) in [7, 11) is 0. The Hall–Kier alpha value is -4.98. The van der Waals surface area contributed by atoms with Gasteiger partial charge in [-0.25, -0.2) is 4.79 Å². The summed E-state index contributed by atoms with van der Waals surface area (Å²) in [5, 5.41) is 5.23. The summed E-state index contributed by atoms with van der Waals surface area (Å²) >= 11 is 0. The quantitative estimate of drug-likeness (QED) is 0.253. The highest BCUT2D eigenvalue weighted by molar-refractivity contribution is 6.13. The van der Waals surface area contributed by atoms with Crippen molar-refractivity contribution < 1.29 is 28.3 Å². The number of nitrogens with one attached hydrogen (secondary N) is 2. The molecule has 0 saturated carbocycles. The van der Waals surface area contributed by atoms with Gasteiger partial charge in [0.2, 0.25) is 0 Å². The van der Waals surface area contributed by atoms with Crippen LogP contribution in [0.2, 0.25) is 0 Å². The van der Waals surface area contributed by atoms with Crippen molar-refractivity contribution in [2.75, 3.05) is 11.9 Å². The first-order valence-corrected chi connectivity index (χ1v) is 11.5. The van der Waals surface area contributed by atoms with E-state index in [1.807, 2.05) is 30.3 Å². The number of carbonyl (C=O) groups is 4. The smallest absolute Gasteiger partial charge is 0.329 e. The van der Waals surface area contributed by atoms with Gasteiger partial charge < -0.3 is 19.8 Å². The number of carbonyl (C=O) groups excluding carboxylic acids is 4. The van der Waals surface area contributed by atoms with Crippen LogP contribution < -0.4 is 10.6 Å². The monoisotopic (exact) mass is 496 g/mol. The number of esters is 1. The van der Waals surface area contributed by atoms with Crippen LogP contribution in [0.25, 0.3) is 0 Å². The average molecular weight is 497 g/mol. The highest BCUT2D eigenvalue weighted by atomic mass is 16.5. The van der Waals surface area contributed by atoms with Crippen LogP contribution in [-0.2, 0) is 20.7 Å². The van der Waals surface area contributed by atoms with Gasteiger partial charge in [-0.15, -0.1) is 0 Å². The highest BCUT2D eigenvalue weighted by Gasteiger charge is 2.25. The molecule has 8 heteroatoms. The number of ketones is 1. The second-order valence-electron chi connectivity index (χ2n) is 8.09. The minimum Gasteiger partial charge on any atom is -0.459 e. The molecule has 0 aliphatic heterocycles. The lowest BCUT2D eigenvalue weighted by Gasteiger charge is -2.17. The fraction of sp³-hybridized carbons (Fsp3) is 0.103. The fourth-order valence-electron chi connectivity index (χ4n) is 3.64. The van der Waals surface area contributed by atoms with E-state index >= 15 is 0 Å². The maximum Gasteiger partial charge on any atom is 0.329 e. The molecule has 2 amide bonds. The van der Waals surface area contributed by atoms with E-state index in [-0.39, 0.29) is 18.0 Å². The lowest BCUT2D eigenvalue weighted by Crippen LogP contribution is -2.44. The number of benzene rings is 3. The number of rotatable bonds is 10. The first-order valence-electron chi connectivity index (χ1n) is 11.5. The molecule has 1 atom stereocenters. The zero-order valence-corrected chi connectivity index (χ0v) is 19.8. The summed E-state index contributed by atoms with van der Waals surface area (Å²) in [5.74, 6) is -2.20. The molecule has 2 N–H and O–H groups in total. The largest absolute Gasteiger partial charge is 0.459 e. The summed E-state index contributed by atoms with van der Waals surface area (Å²) in [6, 6.07) is 26.3. The van der Waals surface area contributed by atoms with E-state index in [1.54, 1.807) is 60.7 Å². The van der Waals surface area contributed by atoms with Gasteiger partial charge in [0.1, 0.15) is 6.04 Å². The molecule has 1 heterocycles. The van der Waals surface area contributed by atoms with Crippen LogP contribution in [0.15, 0.2) is 108 Å². The van der Waals surface area contributed by atoms with E-state index in [4.69, 9.17) is 9.15 Å². The van der Waals surface area contributed by atoms with Crippen LogP contribution in [0.3, 0.4) is 0 Å². The van der Waals surface area contributed by atoms with Crippen LogP contribution in [0, 0.1) is 0 Å². The van der Waals surface area contributed by atoms with Crippen molar-refractivity contribution in [3.8, 4) is 0 Å². The number of furan rings is 1. The summed E-state index contributed by atoms with van der Waals surface area (Å²) in [6.45, 7) is -0.603. The van der Waals surface area contributed by atoms with Gasteiger partial charge in [-0.05, 0) is 29.8 Å². The topological polar surface area (TPSA) is 115 Å². The molecule has 4 rings (SSSR count). The Morgan fingerprint density at radius 1 is 0.784 bits per heavy atom. The molecule has 0 bridgehead atoms. The number of para-hydroxylation sites is 1. The number of ether oxygens (including phenoxy) is 1. The molecular formula is C29H24N2O6. The maximum atomic E-state index is 12.9. The van der Waals surface area contributed by atoms with Crippen molar-refractivity contribution in [1.82, 2.24) is 5.32 Å². The maximum absolute atomic E-state index is 12.9. The normalized spacial score (nSPS) is 11.2. The number of amides is 2. The second kappa shape index (κ2) is 12.1. The molecule has 1 aromatic heterocycles. The summed E-state index contributed by atoms with van der Waals surface area (Å²) < 4.78 is 10.3. The van der Waals surface area contributed by atoms with Gasteiger partial charge in [-0.3, -0.25) is 14.4 Å². The van der Waals surface area contributed by atoms with Crippen molar-refractivity contribution in [3.05, 3.63) is 126 Å². The SMILES string of the molecule is O=C(COC(=O)C(Cc1ccccc1)NC(=O)c1ccco1)Nc1ccccc1C(=O)c1ccccc1. The van der Waals surface area contributed by atoms with Crippen molar-refractivity contribution in [2.24, 2.45) is 0 Å². The Morgan fingerprint density at radius 3 is 2.16 bits per heavy atom. The van der Waals surface area contributed by atoms with E-state index in [0.717, 1.165) is 5.56 Å². The van der Waals surface area contributed by atoms with Gasteiger partial charge in [-0.1, -0.05) is 72.8 Å². The number of hydrogen-bond donors (Lipinski definition) is 2. The molecular weight excluding hydrogens is 472 g/mol. The molecule has 0 saturated heterocycles.